The zero-order chi connectivity index (χ0) is 19.5. The summed E-state index contributed by atoms with van der Waals surface area (Å²) in [4.78, 5) is 7.07. The first-order valence-electron chi connectivity index (χ1n) is 7.26. The zero-order valence-electron chi connectivity index (χ0n) is 13.3. The number of benzene rings is 1. The predicted octanol–water partition coefficient (Wildman–Crippen LogP) is 3.97. The maximum Gasteiger partial charge on any atom is 0.433 e. The highest BCUT2D eigenvalue weighted by Gasteiger charge is 2.34. The molecule has 0 aliphatic rings. The van der Waals surface area contributed by atoms with Crippen LogP contribution in [0.1, 0.15) is 16.8 Å². The van der Waals surface area contributed by atoms with E-state index in [9.17, 15) is 26.3 Å². The fraction of sp³-hybridized carbons (Fsp3) is 0.333. The fourth-order valence-electron chi connectivity index (χ4n) is 1.97. The molecule has 2 aromatic rings. The van der Waals surface area contributed by atoms with Crippen LogP contribution in [0.4, 0.5) is 43.8 Å². The van der Waals surface area contributed by atoms with Crippen LogP contribution in [0.25, 0.3) is 0 Å². The molecule has 0 radical (unpaired) electrons. The Morgan fingerprint density at radius 1 is 1.00 bits per heavy atom. The zero-order valence-corrected chi connectivity index (χ0v) is 13.3. The van der Waals surface area contributed by atoms with Gasteiger partial charge in [-0.1, -0.05) is 6.07 Å². The molecule has 0 unspecified atom stereocenters. The number of nitrogens with one attached hydrogen (secondary N) is 2. The molecule has 1 aromatic carbocycles. The standard InChI is InChI=1S/C15H14F6N4O/c1-8-2-3-9(14(16,17)18)6-10(8)23-12-7-11(15(19,20)21)24-13(25-12)22-4-5-26/h2-3,6-7,26H,4-5H2,1H3,(H2,22,23,24,25). The molecule has 26 heavy (non-hydrogen) atoms. The Bertz CT molecular complexity index is 776. The molecule has 1 aromatic heterocycles. The average molecular weight is 380 g/mol. The summed E-state index contributed by atoms with van der Waals surface area (Å²) in [6, 6.07) is 3.44. The number of nitrogens with zero attached hydrogens (tertiary/aromatic N) is 2. The van der Waals surface area contributed by atoms with Crippen molar-refractivity contribution in [3.63, 3.8) is 0 Å². The average Bonchev–Trinajstić information content (AvgIpc) is 2.53. The summed E-state index contributed by atoms with van der Waals surface area (Å²) in [6.45, 7) is 1.04. The van der Waals surface area contributed by atoms with Crippen LogP contribution in [-0.2, 0) is 12.4 Å². The van der Waals surface area contributed by atoms with Crippen molar-refractivity contribution in [1.82, 2.24) is 9.97 Å². The lowest BCUT2D eigenvalue weighted by Crippen LogP contribution is -2.15. The lowest BCUT2D eigenvalue weighted by Gasteiger charge is -2.15. The van der Waals surface area contributed by atoms with Gasteiger partial charge in [-0.3, -0.25) is 0 Å². The molecule has 1 heterocycles. The minimum absolute atomic E-state index is 0.0419. The van der Waals surface area contributed by atoms with Crippen LogP contribution in [-0.4, -0.2) is 28.2 Å². The summed E-state index contributed by atoms with van der Waals surface area (Å²) in [7, 11) is 0. The van der Waals surface area contributed by atoms with Crippen molar-refractivity contribution in [2.24, 2.45) is 0 Å². The minimum atomic E-state index is -4.78. The van der Waals surface area contributed by atoms with Crippen molar-refractivity contribution in [1.29, 1.82) is 0 Å². The molecule has 142 valence electrons. The van der Waals surface area contributed by atoms with Crippen molar-refractivity contribution < 1.29 is 31.4 Å². The molecule has 2 rings (SSSR count). The highest BCUT2D eigenvalue weighted by molar-refractivity contribution is 5.62. The van der Waals surface area contributed by atoms with Crippen molar-refractivity contribution in [3.05, 3.63) is 41.1 Å². The van der Waals surface area contributed by atoms with Crippen molar-refractivity contribution in [2.45, 2.75) is 19.3 Å². The monoisotopic (exact) mass is 380 g/mol. The lowest BCUT2D eigenvalue weighted by atomic mass is 10.1. The largest absolute Gasteiger partial charge is 0.433 e. The molecular formula is C15H14F6N4O. The van der Waals surface area contributed by atoms with Gasteiger partial charge in [0.25, 0.3) is 0 Å². The van der Waals surface area contributed by atoms with E-state index in [-0.39, 0.29) is 24.7 Å². The number of anilines is 3. The Morgan fingerprint density at radius 3 is 2.27 bits per heavy atom. The highest BCUT2D eigenvalue weighted by Crippen LogP contribution is 2.34. The second kappa shape index (κ2) is 7.36. The van der Waals surface area contributed by atoms with E-state index in [4.69, 9.17) is 5.11 Å². The number of hydrogen-bond acceptors (Lipinski definition) is 5. The number of aromatic nitrogens is 2. The molecule has 0 saturated carbocycles. The summed E-state index contributed by atoms with van der Waals surface area (Å²) >= 11 is 0. The third-order valence-corrected chi connectivity index (χ3v) is 3.24. The van der Waals surface area contributed by atoms with Gasteiger partial charge in [0.05, 0.1) is 12.2 Å². The first-order chi connectivity index (χ1) is 12.0. The molecule has 0 saturated heterocycles. The van der Waals surface area contributed by atoms with Gasteiger partial charge in [-0.15, -0.1) is 0 Å². The summed E-state index contributed by atoms with van der Waals surface area (Å²) < 4.78 is 77.4. The van der Waals surface area contributed by atoms with Crippen LogP contribution in [0.5, 0.6) is 0 Å². The third kappa shape index (κ3) is 4.97. The van der Waals surface area contributed by atoms with Crippen LogP contribution < -0.4 is 10.6 Å². The van der Waals surface area contributed by atoms with Crippen molar-refractivity contribution in [2.75, 3.05) is 23.8 Å². The highest BCUT2D eigenvalue weighted by atomic mass is 19.4. The van der Waals surface area contributed by atoms with E-state index in [0.717, 1.165) is 12.1 Å². The first kappa shape index (κ1) is 19.8. The molecule has 0 bridgehead atoms. The normalized spacial score (nSPS) is 12.2. The maximum atomic E-state index is 13.0. The molecule has 0 aliphatic carbocycles. The fourth-order valence-corrected chi connectivity index (χ4v) is 1.97. The van der Waals surface area contributed by atoms with E-state index in [1.807, 2.05) is 0 Å². The molecule has 3 N–H and O–H groups in total. The number of alkyl halides is 6. The Morgan fingerprint density at radius 2 is 1.69 bits per heavy atom. The van der Waals surface area contributed by atoms with Gasteiger partial charge in [-0.25, -0.2) is 4.98 Å². The summed E-state index contributed by atoms with van der Waals surface area (Å²) in [5.74, 6) is -0.754. The molecule has 0 aliphatic heterocycles. The van der Waals surface area contributed by atoms with Crippen LogP contribution >= 0.6 is 0 Å². The van der Waals surface area contributed by atoms with E-state index in [2.05, 4.69) is 20.6 Å². The van der Waals surface area contributed by atoms with Gasteiger partial charge < -0.3 is 15.7 Å². The lowest BCUT2D eigenvalue weighted by molar-refractivity contribution is -0.141. The van der Waals surface area contributed by atoms with E-state index in [1.54, 1.807) is 0 Å². The smallest absolute Gasteiger partial charge is 0.395 e. The third-order valence-electron chi connectivity index (χ3n) is 3.24. The van der Waals surface area contributed by atoms with Crippen LogP contribution in [0.3, 0.4) is 0 Å². The van der Waals surface area contributed by atoms with Gasteiger partial charge in [-0.2, -0.15) is 31.3 Å². The number of aryl methyl sites for hydroxylation is 1. The number of hydrogen-bond donors (Lipinski definition) is 3. The van der Waals surface area contributed by atoms with E-state index < -0.39 is 29.6 Å². The van der Waals surface area contributed by atoms with Gasteiger partial charge in [0.15, 0.2) is 5.69 Å². The van der Waals surface area contributed by atoms with E-state index >= 15 is 0 Å². The summed E-state index contributed by atoms with van der Waals surface area (Å²) in [5, 5.41) is 13.6. The molecule has 0 spiro atoms. The molecule has 0 fully saturated rings. The Kier molecular flexibility index (Phi) is 5.59. The molecule has 5 nitrogen and oxygen atoms in total. The SMILES string of the molecule is Cc1ccc(C(F)(F)F)cc1Nc1cc(C(F)(F)F)nc(NCCO)n1. The Balaban J connectivity index is 2.42. The number of aliphatic hydroxyl groups is 1. The second-order valence-electron chi connectivity index (χ2n) is 5.26. The number of aliphatic hydroxyl groups excluding tert-OH is 1. The van der Waals surface area contributed by atoms with Crippen LogP contribution in [0.2, 0.25) is 0 Å². The summed E-state index contributed by atoms with van der Waals surface area (Å²) in [6.07, 6.45) is -9.38. The van der Waals surface area contributed by atoms with Crippen LogP contribution in [0, 0.1) is 6.92 Å². The molecule has 11 heteroatoms. The quantitative estimate of drug-likeness (QED) is 0.685. The van der Waals surface area contributed by atoms with Gasteiger partial charge in [0.1, 0.15) is 5.82 Å². The van der Waals surface area contributed by atoms with Gasteiger partial charge in [0.2, 0.25) is 5.95 Å². The topological polar surface area (TPSA) is 70.1 Å². The first-order valence-corrected chi connectivity index (χ1v) is 7.26. The van der Waals surface area contributed by atoms with Crippen molar-refractivity contribution in [3.8, 4) is 0 Å². The number of halogens is 6. The van der Waals surface area contributed by atoms with Crippen LogP contribution in [0.15, 0.2) is 24.3 Å². The Labute approximate surface area is 144 Å². The molecule has 0 amide bonds. The minimum Gasteiger partial charge on any atom is -0.395 e. The molecular weight excluding hydrogens is 366 g/mol. The van der Waals surface area contributed by atoms with Gasteiger partial charge in [-0.05, 0) is 24.6 Å². The molecule has 0 atom stereocenters. The predicted molar refractivity (Wildman–Crippen MR) is 82.1 cm³/mol. The maximum absolute atomic E-state index is 13.0. The summed E-state index contributed by atoms with van der Waals surface area (Å²) in [5.41, 5.74) is -1.89. The van der Waals surface area contributed by atoms with E-state index in [0.29, 0.717) is 11.6 Å². The Hall–Kier alpha value is -2.56. The van der Waals surface area contributed by atoms with Crippen molar-refractivity contribution >= 4 is 17.5 Å². The van der Waals surface area contributed by atoms with E-state index in [1.165, 1.54) is 13.0 Å². The van der Waals surface area contributed by atoms with Gasteiger partial charge >= 0.3 is 12.4 Å². The second-order valence-corrected chi connectivity index (χ2v) is 5.26. The van der Waals surface area contributed by atoms with Gasteiger partial charge in [0, 0.05) is 18.3 Å². The number of rotatable bonds is 5.